The first-order valence-corrected chi connectivity index (χ1v) is 17.5. The maximum Gasteiger partial charge on any atom is 0.141 e. The second kappa shape index (κ2) is 11.7. The molecule has 4 nitrogen and oxygen atoms in total. The maximum absolute atomic E-state index is 5.36. The standard InChI is InChI=1S/C42H58N4/c1-15-17-45-35-26-36-34(25-33(35)43-37(45)27-19-29(39(3,4)5)23-30(20-27)40(6,7)8)44-38(46(36)18-16-2)28-21-31(41(9,10)11)24-32(22-28)42(12,13)14/h19-26H,15-18H2,1-14H3. The predicted molar refractivity (Wildman–Crippen MR) is 199 cm³/mol. The fourth-order valence-electron chi connectivity index (χ4n) is 6.33. The number of rotatable bonds is 6. The first-order chi connectivity index (χ1) is 21.2. The minimum Gasteiger partial charge on any atom is -0.324 e. The van der Waals surface area contributed by atoms with E-state index in [0.29, 0.717) is 0 Å². The van der Waals surface area contributed by atoms with Gasteiger partial charge in [0.15, 0.2) is 0 Å². The molecule has 0 saturated heterocycles. The summed E-state index contributed by atoms with van der Waals surface area (Å²) in [5.41, 5.74) is 12.4. The van der Waals surface area contributed by atoms with Crippen molar-refractivity contribution in [3.63, 3.8) is 0 Å². The first-order valence-electron chi connectivity index (χ1n) is 17.5. The summed E-state index contributed by atoms with van der Waals surface area (Å²) < 4.78 is 4.90. The molecule has 5 rings (SSSR count). The molecule has 2 heterocycles. The molecule has 0 unspecified atom stereocenters. The molecule has 3 aromatic carbocycles. The quantitative estimate of drug-likeness (QED) is 0.190. The van der Waals surface area contributed by atoms with Crippen molar-refractivity contribution in [2.75, 3.05) is 0 Å². The van der Waals surface area contributed by atoms with Gasteiger partial charge in [-0.25, -0.2) is 9.97 Å². The Morgan fingerprint density at radius 3 is 1.00 bits per heavy atom. The Bertz CT molecular complexity index is 1690. The zero-order valence-electron chi connectivity index (χ0n) is 31.2. The lowest BCUT2D eigenvalue weighted by molar-refractivity contribution is 0.568. The Morgan fingerprint density at radius 1 is 0.435 bits per heavy atom. The van der Waals surface area contributed by atoms with Gasteiger partial charge in [0, 0.05) is 24.2 Å². The fraction of sp³-hybridized carbons (Fsp3) is 0.524. The van der Waals surface area contributed by atoms with Crippen molar-refractivity contribution in [2.24, 2.45) is 0 Å². The third-order valence-electron chi connectivity index (χ3n) is 9.36. The maximum atomic E-state index is 5.36. The Labute approximate surface area is 278 Å². The summed E-state index contributed by atoms with van der Waals surface area (Å²) in [5.74, 6) is 2.10. The SMILES string of the molecule is CCCn1c(-c2cc(C(C)(C)C)cc(C(C)(C)C)c2)nc2cc3nc(-c4cc(C(C)(C)C)cc(C(C)(C)C)c4)n(CCC)c3cc21. The molecular weight excluding hydrogens is 560 g/mol. The molecule has 46 heavy (non-hydrogen) atoms. The highest BCUT2D eigenvalue weighted by atomic mass is 15.1. The smallest absolute Gasteiger partial charge is 0.141 e. The molecule has 0 aliphatic carbocycles. The van der Waals surface area contributed by atoms with Crippen LogP contribution in [0.25, 0.3) is 44.8 Å². The summed E-state index contributed by atoms with van der Waals surface area (Å²) in [5, 5.41) is 0. The van der Waals surface area contributed by atoms with E-state index in [4.69, 9.17) is 9.97 Å². The van der Waals surface area contributed by atoms with Crippen molar-refractivity contribution < 1.29 is 0 Å². The van der Waals surface area contributed by atoms with E-state index in [2.05, 4.69) is 155 Å². The summed E-state index contributed by atoms with van der Waals surface area (Å²) in [6.07, 6.45) is 2.08. The molecule has 0 amide bonds. The van der Waals surface area contributed by atoms with Crippen LogP contribution in [0.3, 0.4) is 0 Å². The summed E-state index contributed by atoms with van der Waals surface area (Å²) in [4.78, 5) is 10.7. The lowest BCUT2D eigenvalue weighted by Crippen LogP contribution is -2.17. The van der Waals surface area contributed by atoms with Crippen molar-refractivity contribution in [1.29, 1.82) is 0 Å². The van der Waals surface area contributed by atoms with Gasteiger partial charge < -0.3 is 9.13 Å². The molecule has 0 fully saturated rings. The van der Waals surface area contributed by atoms with Crippen molar-refractivity contribution in [2.45, 2.75) is 145 Å². The van der Waals surface area contributed by atoms with Crippen molar-refractivity contribution in [3.05, 3.63) is 70.8 Å². The molecule has 246 valence electrons. The molecule has 0 bridgehead atoms. The van der Waals surface area contributed by atoms with Gasteiger partial charge in [-0.2, -0.15) is 0 Å². The van der Waals surface area contributed by atoms with Crippen LogP contribution in [-0.2, 0) is 34.7 Å². The van der Waals surface area contributed by atoms with Gasteiger partial charge in [0.25, 0.3) is 0 Å². The van der Waals surface area contributed by atoms with Crippen LogP contribution in [0.15, 0.2) is 48.5 Å². The van der Waals surface area contributed by atoms with Gasteiger partial charge in [-0.15, -0.1) is 0 Å². The molecule has 0 saturated carbocycles. The fourth-order valence-corrected chi connectivity index (χ4v) is 6.33. The number of imidazole rings is 2. The predicted octanol–water partition coefficient (Wildman–Crippen LogP) is 11.7. The van der Waals surface area contributed by atoms with Crippen molar-refractivity contribution in [1.82, 2.24) is 19.1 Å². The van der Waals surface area contributed by atoms with Crippen LogP contribution in [0.4, 0.5) is 0 Å². The highest BCUT2D eigenvalue weighted by Gasteiger charge is 2.26. The molecular formula is C42H58N4. The average molecular weight is 619 g/mol. The van der Waals surface area contributed by atoms with Crippen LogP contribution in [0.2, 0.25) is 0 Å². The van der Waals surface area contributed by atoms with E-state index in [1.165, 1.54) is 44.4 Å². The molecule has 0 radical (unpaired) electrons. The van der Waals surface area contributed by atoms with Gasteiger partial charge in [-0.05, 0) is 93.2 Å². The lowest BCUT2D eigenvalue weighted by atomic mass is 9.79. The van der Waals surface area contributed by atoms with Gasteiger partial charge in [0.05, 0.1) is 22.1 Å². The van der Waals surface area contributed by atoms with Crippen LogP contribution in [-0.4, -0.2) is 19.1 Å². The number of nitrogens with zero attached hydrogens (tertiary/aromatic N) is 4. The zero-order valence-corrected chi connectivity index (χ0v) is 31.2. The summed E-state index contributed by atoms with van der Waals surface area (Å²) in [7, 11) is 0. The number of hydrogen-bond acceptors (Lipinski definition) is 2. The van der Waals surface area contributed by atoms with Crippen LogP contribution < -0.4 is 0 Å². The third-order valence-corrected chi connectivity index (χ3v) is 9.36. The van der Waals surface area contributed by atoms with Crippen LogP contribution in [0.1, 0.15) is 132 Å². The minimum absolute atomic E-state index is 0.0434. The van der Waals surface area contributed by atoms with E-state index in [1.54, 1.807) is 0 Å². The summed E-state index contributed by atoms with van der Waals surface area (Å²) >= 11 is 0. The van der Waals surface area contributed by atoms with Gasteiger partial charge in [0.1, 0.15) is 11.6 Å². The van der Waals surface area contributed by atoms with Crippen LogP contribution >= 0.6 is 0 Å². The van der Waals surface area contributed by atoms with E-state index in [-0.39, 0.29) is 21.7 Å². The molecule has 4 heteroatoms. The van der Waals surface area contributed by atoms with E-state index in [9.17, 15) is 0 Å². The number of aryl methyl sites for hydroxylation is 2. The lowest BCUT2D eigenvalue weighted by Gasteiger charge is -2.26. The van der Waals surface area contributed by atoms with E-state index in [0.717, 1.165) is 48.6 Å². The van der Waals surface area contributed by atoms with Crippen molar-refractivity contribution >= 4 is 22.1 Å². The first kappa shape index (κ1) is 33.9. The number of aromatic nitrogens is 4. The Morgan fingerprint density at radius 2 is 0.739 bits per heavy atom. The zero-order chi connectivity index (χ0) is 34.0. The monoisotopic (exact) mass is 618 g/mol. The molecule has 0 aliphatic heterocycles. The molecule has 2 aromatic heterocycles. The number of benzene rings is 3. The third kappa shape index (κ3) is 6.55. The van der Waals surface area contributed by atoms with Gasteiger partial charge in [-0.1, -0.05) is 109 Å². The van der Waals surface area contributed by atoms with Crippen LogP contribution in [0, 0.1) is 0 Å². The molecule has 0 spiro atoms. The largest absolute Gasteiger partial charge is 0.324 e. The summed E-state index contributed by atoms with van der Waals surface area (Å²) in [6, 6.07) is 18.8. The highest BCUT2D eigenvalue weighted by molar-refractivity contribution is 5.95. The minimum atomic E-state index is 0.0434. The molecule has 0 aliphatic rings. The Balaban J connectivity index is 1.78. The highest BCUT2D eigenvalue weighted by Crippen LogP contribution is 2.38. The van der Waals surface area contributed by atoms with E-state index in [1.807, 2.05) is 0 Å². The number of fused-ring (bicyclic) bond motifs is 2. The van der Waals surface area contributed by atoms with Gasteiger partial charge >= 0.3 is 0 Å². The van der Waals surface area contributed by atoms with Crippen molar-refractivity contribution in [3.8, 4) is 22.8 Å². The topological polar surface area (TPSA) is 35.6 Å². The molecule has 0 atom stereocenters. The summed E-state index contributed by atoms with van der Waals surface area (Å²) in [6.45, 7) is 34.0. The Kier molecular flexibility index (Phi) is 8.62. The van der Waals surface area contributed by atoms with E-state index >= 15 is 0 Å². The van der Waals surface area contributed by atoms with E-state index < -0.39 is 0 Å². The number of hydrogen-bond donors (Lipinski definition) is 0. The second-order valence-corrected chi connectivity index (χ2v) is 17.6. The average Bonchev–Trinajstić information content (AvgIpc) is 3.47. The van der Waals surface area contributed by atoms with Crippen LogP contribution in [0.5, 0.6) is 0 Å². The Hall–Kier alpha value is -3.40. The molecule has 5 aromatic rings. The normalized spacial score (nSPS) is 13.3. The van der Waals surface area contributed by atoms with Gasteiger partial charge in [0.2, 0.25) is 0 Å². The molecule has 0 N–H and O–H groups in total. The second-order valence-electron chi connectivity index (χ2n) is 17.6. The van der Waals surface area contributed by atoms with Gasteiger partial charge in [-0.3, -0.25) is 0 Å².